The van der Waals surface area contributed by atoms with Crippen LogP contribution in [0.3, 0.4) is 0 Å². The number of hydrogen-bond donors (Lipinski definition) is 0. The molecular weight excluding hydrogens is 371 g/mol. The number of rotatable bonds is 2. The van der Waals surface area contributed by atoms with Crippen LogP contribution in [0.25, 0.3) is 11.3 Å². The van der Waals surface area contributed by atoms with Crippen molar-refractivity contribution in [3.63, 3.8) is 0 Å². The van der Waals surface area contributed by atoms with E-state index in [1.54, 1.807) is 21.6 Å². The molecule has 2 aliphatic rings. The summed E-state index contributed by atoms with van der Waals surface area (Å²) in [6.45, 7) is 1.47. The number of benzene rings is 2. The summed E-state index contributed by atoms with van der Waals surface area (Å²) in [4.78, 5) is 27.5. The van der Waals surface area contributed by atoms with E-state index in [9.17, 15) is 14.0 Å². The summed E-state index contributed by atoms with van der Waals surface area (Å²) in [6, 6.07) is 15.3. The normalized spacial score (nSPS) is 20.2. The van der Waals surface area contributed by atoms with Gasteiger partial charge in [0.1, 0.15) is 11.6 Å². The van der Waals surface area contributed by atoms with Crippen molar-refractivity contribution in [3.05, 3.63) is 82.2 Å². The molecule has 5 rings (SSSR count). The van der Waals surface area contributed by atoms with Crippen LogP contribution < -0.4 is 5.56 Å². The predicted octanol–water partition coefficient (Wildman–Crippen LogP) is 2.63. The lowest BCUT2D eigenvalue weighted by Gasteiger charge is -2.23. The number of aromatic nitrogens is 3. The monoisotopic (exact) mass is 390 g/mol. The molecule has 1 amide bonds. The van der Waals surface area contributed by atoms with Gasteiger partial charge in [0.05, 0.1) is 11.0 Å². The highest BCUT2D eigenvalue weighted by atomic mass is 19.1. The van der Waals surface area contributed by atoms with Crippen molar-refractivity contribution < 1.29 is 9.18 Å². The molecule has 1 saturated heterocycles. The summed E-state index contributed by atoms with van der Waals surface area (Å²) in [5, 5.41) is 8.65. The Morgan fingerprint density at radius 2 is 1.69 bits per heavy atom. The third-order valence-electron chi connectivity index (χ3n) is 6.03. The molecule has 0 aliphatic carbocycles. The van der Waals surface area contributed by atoms with Crippen LogP contribution in [-0.4, -0.2) is 38.7 Å². The fourth-order valence-corrected chi connectivity index (χ4v) is 4.47. The maximum absolute atomic E-state index is 14.0. The van der Waals surface area contributed by atoms with Crippen molar-refractivity contribution in [2.75, 3.05) is 13.1 Å². The van der Waals surface area contributed by atoms with E-state index in [1.165, 1.54) is 12.1 Å². The Kier molecular flexibility index (Phi) is 4.04. The Hall–Kier alpha value is -3.35. The van der Waals surface area contributed by atoms with Crippen molar-refractivity contribution in [2.45, 2.75) is 24.8 Å². The average Bonchev–Trinajstić information content (AvgIpc) is 3.34. The van der Waals surface area contributed by atoms with Crippen LogP contribution in [0.15, 0.2) is 59.4 Å². The van der Waals surface area contributed by atoms with Crippen LogP contribution in [0.1, 0.15) is 29.0 Å². The van der Waals surface area contributed by atoms with Gasteiger partial charge in [-0.15, -0.1) is 10.2 Å². The Balaban J connectivity index is 1.47. The first kappa shape index (κ1) is 17.7. The van der Waals surface area contributed by atoms with Crippen LogP contribution in [-0.2, 0) is 12.0 Å². The molecule has 1 atom stereocenters. The number of likely N-dealkylation sites (tertiary alicyclic amines) is 1. The van der Waals surface area contributed by atoms with Gasteiger partial charge in [0.2, 0.25) is 0 Å². The van der Waals surface area contributed by atoms with Crippen molar-refractivity contribution in [2.24, 2.45) is 0 Å². The number of halogens is 1. The van der Waals surface area contributed by atoms with Gasteiger partial charge in [-0.25, -0.2) is 4.39 Å². The van der Waals surface area contributed by atoms with E-state index in [4.69, 9.17) is 0 Å². The van der Waals surface area contributed by atoms with Gasteiger partial charge in [0.15, 0.2) is 5.69 Å². The second kappa shape index (κ2) is 6.62. The van der Waals surface area contributed by atoms with E-state index in [2.05, 4.69) is 10.2 Å². The van der Waals surface area contributed by atoms with E-state index >= 15 is 0 Å². The Bertz CT molecular complexity index is 1160. The summed E-state index contributed by atoms with van der Waals surface area (Å²) in [5.74, 6) is -0.213. The van der Waals surface area contributed by atoms with E-state index in [0.29, 0.717) is 37.6 Å². The summed E-state index contributed by atoms with van der Waals surface area (Å²) < 4.78 is 15.7. The van der Waals surface area contributed by atoms with Gasteiger partial charge in [0.25, 0.3) is 11.5 Å². The molecule has 1 spiro atoms. The number of carbonyl (C=O) groups is 1. The molecule has 2 aromatic carbocycles. The standard InChI is InChI=1S/C22H19FN4O2/c23-17-9-5-4-8-16(17)19(28)26-12-10-22(14-26)11-13-27-20(29)18(24-25-21(22)27)15-6-2-1-3-7-15/h1-9H,10-14H2. The lowest BCUT2D eigenvalue weighted by Crippen LogP contribution is -2.35. The lowest BCUT2D eigenvalue weighted by atomic mass is 9.85. The maximum Gasteiger partial charge on any atom is 0.280 e. The number of carbonyl (C=O) groups excluding carboxylic acids is 1. The Labute approximate surface area is 166 Å². The first-order valence-corrected chi connectivity index (χ1v) is 9.66. The summed E-state index contributed by atoms with van der Waals surface area (Å²) in [6.07, 6.45) is 1.40. The molecule has 29 heavy (non-hydrogen) atoms. The van der Waals surface area contributed by atoms with Crippen molar-refractivity contribution >= 4 is 5.91 Å². The molecule has 0 saturated carbocycles. The zero-order valence-electron chi connectivity index (χ0n) is 15.7. The van der Waals surface area contributed by atoms with Crippen LogP contribution in [0.4, 0.5) is 4.39 Å². The highest BCUT2D eigenvalue weighted by molar-refractivity contribution is 5.94. The van der Waals surface area contributed by atoms with E-state index in [-0.39, 0.29) is 17.0 Å². The molecule has 6 nitrogen and oxygen atoms in total. The van der Waals surface area contributed by atoms with Crippen LogP contribution in [0.5, 0.6) is 0 Å². The predicted molar refractivity (Wildman–Crippen MR) is 105 cm³/mol. The highest BCUT2D eigenvalue weighted by Gasteiger charge is 2.48. The second-order valence-electron chi connectivity index (χ2n) is 7.68. The molecule has 0 bridgehead atoms. The fraction of sp³-hybridized carbons (Fsp3) is 0.273. The van der Waals surface area contributed by atoms with Crippen LogP contribution in [0, 0.1) is 5.82 Å². The molecule has 0 radical (unpaired) electrons. The van der Waals surface area contributed by atoms with E-state index < -0.39 is 11.2 Å². The van der Waals surface area contributed by atoms with Gasteiger partial charge in [0, 0.05) is 25.2 Å². The topological polar surface area (TPSA) is 68.1 Å². The van der Waals surface area contributed by atoms with Gasteiger partial charge in [-0.2, -0.15) is 0 Å². The molecule has 1 aromatic heterocycles. The molecule has 1 unspecified atom stereocenters. The highest BCUT2D eigenvalue weighted by Crippen LogP contribution is 2.41. The number of fused-ring (bicyclic) bond motifs is 2. The third-order valence-corrected chi connectivity index (χ3v) is 6.03. The quantitative estimate of drug-likeness (QED) is 0.675. The molecule has 1 fully saturated rings. The van der Waals surface area contributed by atoms with Gasteiger partial charge in [-0.05, 0) is 25.0 Å². The van der Waals surface area contributed by atoms with Gasteiger partial charge < -0.3 is 4.90 Å². The van der Waals surface area contributed by atoms with Crippen LogP contribution in [0.2, 0.25) is 0 Å². The zero-order chi connectivity index (χ0) is 20.0. The molecule has 146 valence electrons. The minimum atomic E-state index is -0.520. The Morgan fingerprint density at radius 3 is 2.48 bits per heavy atom. The third kappa shape index (κ3) is 2.76. The number of hydrogen-bond acceptors (Lipinski definition) is 4. The van der Waals surface area contributed by atoms with Crippen LogP contribution >= 0.6 is 0 Å². The number of amides is 1. The number of nitrogens with zero attached hydrogens (tertiary/aromatic N) is 4. The average molecular weight is 390 g/mol. The van der Waals surface area contributed by atoms with E-state index in [1.807, 2.05) is 30.3 Å². The van der Waals surface area contributed by atoms with E-state index in [0.717, 1.165) is 12.0 Å². The van der Waals surface area contributed by atoms with Crippen molar-refractivity contribution in [3.8, 4) is 11.3 Å². The van der Waals surface area contributed by atoms with Crippen molar-refractivity contribution in [1.29, 1.82) is 0 Å². The largest absolute Gasteiger partial charge is 0.338 e. The Morgan fingerprint density at radius 1 is 0.966 bits per heavy atom. The molecule has 3 heterocycles. The minimum absolute atomic E-state index is 0.0745. The fourth-order valence-electron chi connectivity index (χ4n) is 4.47. The molecular formula is C22H19FN4O2. The lowest BCUT2D eigenvalue weighted by molar-refractivity contribution is 0.0778. The first-order chi connectivity index (χ1) is 14.1. The minimum Gasteiger partial charge on any atom is -0.338 e. The van der Waals surface area contributed by atoms with Gasteiger partial charge in [-0.1, -0.05) is 42.5 Å². The molecule has 0 N–H and O–H groups in total. The first-order valence-electron chi connectivity index (χ1n) is 9.66. The smallest absolute Gasteiger partial charge is 0.280 e. The molecule has 2 aliphatic heterocycles. The van der Waals surface area contributed by atoms with Gasteiger partial charge >= 0.3 is 0 Å². The van der Waals surface area contributed by atoms with Gasteiger partial charge in [-0.3, -0.25) is 14.2 Å². The summed E-state index contributed by atoms with van der Waals surface area (Å²) in [7, 11) is 0. The summed E-state index contributed by atoms with van der Waals surface area (Å²) in [5.41, 5.74) is 0.595. The molecule has 3 aromatic rings. The maximum atomic E-state index is 14.0. The summed E-state index contributed by atoms with van der Waals surface area (Å²) >= 11 is 0. The second-order valence-corrected chi connectivity index (χ2v) is 7.68. The zero-order valence-corrected chi connectivity index (χ0v) is 15.7. The van der Waals surface area contributed by atoms with Crippen molar-refractivity contribution in [1.82, 2.24) is 19.7 Å². The SMILES string of the molecule is O=C(c1ccccc1F)N1CCC2(CCn3c2nnc(-c2ccccc2)c3=O)C1. The molecule has 7 heteroatoms.